The van der Waals surface area contributed by atoms with Crippen molar-refractivity contribution >= 4 is 15.5 Å². The van der Waals surface area contributed by atoms with E-state index in [0.29, 0.717) is 11.4 Å². The molecule has 6 heteroatoms. The van der Waals surface area contributed by atoms with Crippen molar-refractivity contribution in [2.75, 3.05) is 24.2 Å². The molecular weight excluding hydrogens is 300 g/mol. The number of rotatable bonds is 4. The van der Waals surface area contributed by atoms with Gasteiger partial charge in [0.2, 0.25) is 0 Å². The Morgan fingerprint density at radius 3 is 2.64 bits per heavy atom. The van der Waals surface area contributed by atoms with Gasteiger partial charge >= 0.3 is 0 Å². The number of aromatic nitrogens is 1. The van der Waals surface area contributed by atoms with Gasteiger partial charge in [-0.3, -0.25) is 4.98 Å². The lowest BCUT2D eigenvalue weighted by Crippen LogP contribution is -2.25. The molecule has 0 saturated carbocycles. The summed E-state index contributed by atoms with van der Waals surface area (Å²) in [7, 11) is -3.24. The standard InChI is InChI=1S/C16H18N2O3S/c1-22(19,20)16-5-3-2-4-15(16)18-11-8-14(12-18)21-13-6-9-17-10-7-13/h2-7,9-10,14H,8,11-12H2,1H3/t14-/m0/s1. The summed E-state index contributed by atoms with van der Waals surface area (Å²) in [6.07, 6.45) is 5.55. The molecule has 2 heterocycles. The zero-order valence-electron chi connectivity index (χ0n) is 12.3. The molecule has 1 saturated heterocycles. The van der Waals surface area contributed by atoms with Crippen molar-refractivity contribution < 1.29 is 13.2 Å². The van der Waals surface area contributed by atoms with Gasteiger partial charge in [-0.15, -0.1) is 0 Å². The van der Waals surface area contributed by atoms with E-state index in [4.69, 9.17) is 4.74 Å². The maximum Gasteiger partial charge on any atom is 0.177 e. The molecule has 1 fully saturated rings. The monoisotopic (exact) mass is 318 g/mol. The van der Waals surface area contributed by atoms with E-state index < -0.39 is 9.84 Å². The molecule has 1 aliphatic rings. The molecule has 22 heavy (non-hydrogen) atoms. The number of ether oxygens (including phenoxy) is 1. The normalized spacial score (nSPS) is 18.4. The third-order valence-electron chi connectivity index (χ3n) is 3.70. The van der Waals surface area contributed by atoms with Gasteiger partial charge in [-0.25, -0.2) is 8.42 Å². The molecule has 2 aromatic rings. The first-order chi connectivity index (χ1) is 10.5. The molecular formula is C16H18N2O3S. The van der Waals surface area contributed by atoms with Crippen LogP contribution in [0.3, 0.4) is 0 Å². The van der Waals surface area contributed by atoms with Crippen LogP contribution in [0.2, 0.25) is 0 Å². The second-order valence-corrected chi connectivity index (χ2v) is 7.38. The van der Waals surface area contributed by atoms with E-state index in [9.17, 15) is 8.42 Å². The SMILES string of the molecule is CS(=O)(=O)c1ccccc1N1CC[C@H](Oc2ccncc2)C1. The highest BCUT2D eigenvalue weighted by atomic mass is 32.2. The van der Waals surface area contributed by atoms with Gasteiger partial charge in [0.25, 0.3) is 0 Å². The first kappa shape index (κ1) is 14.8. The van der Waals surface area contributed by atoms with Crippen LogP contribution in [0.15, 0.2) is 53.7 Å². The second-order valence-electron chi connectivity index (χ2n) is 5.40. The summed E-state index contributed by atoms with van der Waals surface area (Å²) in [6, 6.07) is 10.8. The largest absolute Gasteiger partial charge is 0.488 e. The lowest BCUT2D eigenvalue weighted by Gasteiger charge is -2.21. The van der Waals surface area contributed by atoms with E-state index in [-0.39, 0.29) is 6.10 Å². The van der Waals surface area contributed by atoms with Gasteiger partial charge in [-0.05, 0) is 24.3 Å². The van der Waals surface area contributed by atoms with Crippen molar-refractivity contribution in [1.82, 2.24) is 4.98 Å². The zero-order valence-corrected chi connectivity index (χ0v) is 13.2. The fraction of sp³-hybridized carbons (Fsp3) is 0.312. The van der Waals surface area contributed by atoms with Crippen LogP contribution in [0.5, 0.6) is 5.75 Å². The summed E-state index contributed by atoms with van der Waals surface area (Å²) < 4.78 is 29.8. The maximum absolute atomic E-state index is 11.9. The predicted octanol–water partition coefficient (Wildman–Crippen LogP) is 2.14. The van der Waals surface area contributed by atoms with E-state index in [1.807, 2.05) is 24.3 Å². The summed E-state index contributed by atoms with van der Waals surface area (Å²) in [4.78, 5) is 6.41. The number of benzene rings is 1. The molecule has 1 aromatic heterocycles. The van der Waals surface area contributed by atoms with E-state index in [2.05, 4.69) is 9.88 Å². The Bertz CT molecular complexity index is 747. The second kappa shape index (κ2) is 5.96. The third kappa shape index (κ3) is 3.22. The van der Waals surface area contributed by atoms with Gasteiger partial charge in [-0.2, -0.15) is 0 Å². The Hall–Kier alpha value is -2.08. The van der Waals surface area contributed by atoms with Crippen LogP contribution < -0.4 is 9.64 Å². The van der Waals surface area contributed by atoms with Crippen LogP contribution in [0.4, 0.5) is 5.69 Å². The minimum Gasteiger partial charge on any atom is -0.488 e. The molecule has 1 atom stereocenters. The lowest BCUT2D eigenvalue weighted by molar-refractivity contribution is 0.224. The lowest BCUT2D eigenvalue weighted by atomic mass is 10.3. The van der Waals surface area contributed by atoms with Crippen LogP contribution in [-0.2, 0) is 9.84 Å². The van der Waals surface area contributed by atoms with Gasteiger partial charge in [0, 0.05) is 31.6 Å². The van der Waals surface area contributed by atoms with Gasteiger partial charge in [-0.1, -0.05) is 12.1 Å². The Morgan fingerprint density at radius 1 is 1.18 bits per heavy atom. The van der Waals surface area contributed by atoms with Gasteiger partial charge in [0.05, 0.1) is 17.1 Å². The maximum atomic E-state index is 11.9. The summed E-state index contributed by atoms with van der Waals surface area (Å²) in [5.74, 6) is 0.790. The average molecular weight is 318 g/mol. The molecule has 0 spiro atoms. The number of hydrogen-bond acceptors (Lipinski definition) is 5. The van der Waals surface area contributed by atoms with Crippen LogP contribution in [0, 0.1) is 0 Å². The first-order valence-electron chi connectivity index (χ1n) is 7.15. The molecule has 0 aliphatic carbocycles. The molecule has 0 bridgehead atoms. The average Bonchev–Trinajstić information content (AvgIpc) is 2.96. The van der Waals surface area contributed by atoms with Crippen molar-refractivity contribution in [3.05, 3.63) is 48.8 Å². The van der Waals surface area contributed by atoms with Gasteiger partial charge in [0.1, 0.15) is 11.9 Å². The van der Waals surface area contributed by atoms with Gasteiger partial charge < -0.3 is 9.64 Å². The van der Waals surface area contributed by atoms with Crippen molar-refractivity contribution in [3.63, 3.8) is 0 Å². The molecule has 0 amide bonds. The van der Waals surface area contributed by atoms with Crippen LogP contribution >= 0.6 is 0 Å². The van der Waals surface area contributed by atoms with Crippen LogP contribution in [0.1, 0.15) is 6.42 Å². The molecule has 3 rings (SSSR count). The minimum absolute atomic E-state index is 0.0509. The third-order valence-corrected chi connectivity index (χ3v) is 4.85. The quantitative estimate of drug-likeness (QED) is 0.864. The molecule has 0 N–H and O–H groups in total. The molecule has 5 nitrogen and oxygen atoms in total. The van der Waals surface area contributed by atoms with Crippen LogP contribution in [-0.4, -0.2) is 38.9 Å². The number of sulfone groups is 1. The number of pyridine rings is 1. The summed E-state index contributed by atoms with van der Waals surface area (Å²) in [5, 5.41) is 0. The minimum atomic E-state index is -3.24. The van der Waals surface area contributed by atoms with Crippen molar-refractivity contribution in [1.29, 1.82) is 0 Å². The highest BCUT2D eigenvalue weighted by molar-refractivity contribution is 7.90. The number of nitrogens with zero attached hydrogens (tertiary/aromatic N) is 2. The van der Waals surface area contributed by atoms with E-state index in [1.165, 1.54) is 6.26 Å². The fourth-order valence-corrected chi connectivity index (χ4v) is 3.59. The zero-order chi connectivity index (χ0) is 15.6. The van der Waals surface area contributed by atoms with Crippen molar-refractivity contribution in [3.8, 4) is 5.75 Å². The van der Waals surface area contributed by atoms with Crippen molar-refractivity contribution in [2.45, 2.75) is 17.4 Å². The Kier molecular flexibility index (Phi) is 4.02. The molecule has 1 aliphatic heterocycles. The van der Waals surface area contributed by atoms with Crippen LogP contribution in [0.25, 0.3) is 0 Å². The summed E-state index contributed by atoms with van der Waals surface area (Å²) >= 11 is 0. The first-order valence-corrected chi connectivity index (χ1v) is 9.04. The highest BCUT2D eigenvalue weighted by Crippen LogP contribution is 2.29. The number of anilines is 1. The molecule has 0 unspecified atom stereocenters. The van der Waals surface area contributed by atoms with E-state index >= 15 is 0 Å². The topological polar surface area (TPSA) is 59.5 Å². The summed E-state index contributed by atoms with van der Waals surface area (Å²) in [5.41, 5.74) is 0.755. The van der Waals surface area contributed by atoms with E-state index in [1.54, 1.807) is 24.5 Å². The smallest absolute Gasteiger partial charge is 0.177 e. The summed E-state index contributed by atoms with van der Waals surface area (Å²) in [6.45, 7) is 1.46. The number of hydrogen-bond donors (Lipinski definition) is 0. The molecule has 116 valence electrons. The Morgan fingerprint density at radius 2 is 1.91 bits per heavy atom. The van der Waals surface area contributed by atoms with E-state index in [0.717, 1.165) is 24.4 Å². The Balaban J connectivity index is 1.76. The van der Waals surface area contributed by atoms with Crippen molar-refractivity contribution in [2.24, 2.45) is 0 Å². The molecule has 0 radical (unpaired) electrons. The predicted molar refractivity (Wildman–Crippen MR) is 85.0 cm³/mol. The fourth-order valence-electron chi connectivity index (χ4n) is 2.68. The Labute approximate surface area is 130 Å². The number of para-hydroxylation sites is 1. The molecule has 1 aromatic carbocycles. The highest BCUT2D eigenvalue weighted by Gasteiger charge is 2.27. The van der Waals surface area contributed by atoms with Gasteiger partial charge in [0.15, 0.2) is 9.84 Å².